The molecule has 0 aliphatic rings. The highest BCUT2D eigenvalue weighted by molar-refractivity contribution is 5.92. The topological polar surface area (TPSA) is 110 Å². The zero-order valence-corrected chi connectivity index (χ0v) is 20.0. The summed E-state index contributed by atoms with van der Waals surface area (Å²) in [6.07, 6.45) is -0.132. The lowest BCUT2D eigenvalue weighted by Crippen LogP contribution is -2.29. The van der Waals surface area contributed by atoms with Gasteiger partial charge in [-0.1, -0.05) is 72.8 Å². The maximum absolute atomic E-state index is 13.6. The van der Waals surface area contributed by atoms with Crippen molar-refractivity contribution >= 4 is 28.7 Å². The van der Waals surface area contributed by atoms with Crippen LogP contribution >= 0.6 is 0 Å². The summed E-state index contributed by atoms with van der Waals surface area (Å²) < 4.78 is 3.22. The van der Waals surface area contributed by atoms with E-state index in [-0.39, 0.29) is 17.9 Å². The highest BCUT2D eigenvalue weighted by Crippen LogP contribution is 2.19. The number of nitrogens with one attached hydrogen (secondary N) is 2. The fourth-order valence-electron chi connectivity index (χ4n) is 4.43. The summed E-state index contributed by atoms with van der Waals surface area (Å²) in [7, 11) is 0. The number of rotatable bonds is 6. The molecule has 0 atom stereocenters. The van der Waals surface area contributed by atoms with E-state index in [0.29, 0.717) is 35.4 Å². The second kappa shape index (κ2) is 9.19. The number of imidazole rings is 1. The smallest absolute Gasteiger partial charge is 0.279 e. The van der Waals surface area contributed by atoms with Crippen LogP contribution in [0.2, 0.25) is 0 Å². The van der Waals surface area contributed by atoms with Crippen molar-refractivity contribution in [2.24, 2.45) is 0 Å². The van der Waals surface area contributed by atoms with Crippen LogP contribution in [0.15, 0.2) is 89.7 Å². The molecule has 0 radical (unpaired) electrons. The highest BCUT2D eigenvalue weighted by Gasteiger charge is 2.21. The SMILES string of the molecule is Cc1c(CC(=O)Nc2nc3ccccc3[nH]2)c(=O)n2nc(-c3ccccc3)nc2n1Cc1ccccc1. The van der Waals surface area contributed by atoms with E-state index in [2.05, 4.69) is 20.4 Å². The molecule has 0 saturated carbocycles. The molecule has 0 saturated heterocycles. The maximum Gasteiger partial charge on any atom is 0.279 e. The Morgan fingerprint density at radius 1 is 0.919 bits per heavy atom. The molecule has 6 rings (SSSR count). The molecule has 0 aliphatic carbocycles. The normalized spacial score (nSPS) is 11.3. The van der Waals surface area contributed by atoms with Crippen LogP contribution in [0, 0.1) is 6.92 Å². The monoisotopic (exact) mass is 489 g/mol. The third-order valence-corrected chi connectivity index (χ3v) is 6.32. The largest absolute Gasteiger partial charge is 0.324 e. The fraction of sp³-hybridized carbons (Fsp3) is 0.107. The molecule has 9 nitrogen and oxygen atoms in total. The second-order valence-electron chi connectivity index (χ2n) is 8.78. The summed E-state index contributed by atoms with van der Waals surface area (Å²) in [4.78, 5) is 38.8. The number of aromatic nitrogens is 6. The van der Waals surface area contributed by atoms with Crippen molar-refractivity contribution in [3.05, 3.63) is 112 Å². The number of carbonyl (C=O) groups excluding carboxylic acids is 1. The number of para-hydroxylation sites is 2. The molecule has 0 unspecified atom stereocenters. The lowest BCUT2D eigenvalue weighted by Gasteiger charge is -2.15. The van der Waals surface area contributed by atoms with Gasteiger partial charge < -0.3 is 9.55 Å². The van der Waals surface area contributed by atoms with Gasteiger partial charge in [-0.2, -0.15) is 9.50 Å². The van der Waals surface area contributed by atoms with Crippen LogP contribution in [0.5, 0.6) is 0 Å². The van der Waals surface area contributed by atoms with Crippen molar-refractivity contribution in [1.29, 1.82) is 0 Å². The number of hydrogen-bond donors (Lipinski definition) is 2. The first-order valence-electron chi connectivity index (χ1n) is 11.9. The summed E-state index contributed by atoms with van der Waals surface area (Å²) in [5.41, 5.74) is 4.05. The first kappa shape index (κ1) is 22.4. The van der Waals surface area contributed by atoms with Gasteiger partial charge >= 0.3 is 0 Å². The number of benzene rings is 3. The second-order valence-corrected chi connectivity index (χ2v) is 8.78. The van der Waals surface area contributed by atoms with Gasteiger partial charge in [0.05, 0.1) is 24.0 Å². The average Bonchev–Trinajstić information content (AvgIpc) is 3.55. The Hall–Kier alpha value is -5.05. The number of carbonyl (C=O) groups is 1. The van der Waals surface area contributed by atoms with E-state index < -0.39 is 0 Å². The number of aromatic amines is 1. The molecule has 0 fully saturated rings. The van der Waals surface area contributed by atoms with Gasteiger partial charge in [-0.3, -0.25) is 14.9 Å². The average molecular weight is 490 g/mol. The van der Waals surface area contributed by atoms with E-state index >= 15 is 0 Å². The van der Waals surface area contributed by atoms with Crippen LogP contribution < -0.4 is 10.9 Å². The Morgan fingerprint density at radius 3 is 2.38 bits per heavy atom. The number of H-pyrrole nitrogens is 1. The standard InChI is InChI=1S/C28H23N7O2/c1-18-21(16-24(36)31-27-29-22-14-8-9-15-23(22)30-27)26(37)35-28(34(18)17-19-10-4-2-5-11-19)32-25(33-35)20-12-6-3-7-13-20/h2-15H,16-17H2,1H3,(H2,29,30,31,36). The van der Waals surface area contributed by atoms with E-state index in [1.54, 1.807) is 0 Å². The Bertz CT molecular complexity index is 1770. The summed E-state index contributed by atoms with van der Waals surface area (Å²) in [5, 5.41) is 7.31. The van der Waals surface area contributed by atoms with E-state index in [9.17, 15) is 9.59 Å². The molecule has 0 bridgehead atoms. The molecule has 6 aromatic rings. The lowest BCUT2D eigenvalue weighted by molar-refractivity contribution is -0.115. The molecule has 0 spiro atoms. The van der Waals surface area contributed by atoms with E-state index in [1.807, 2.05) is 96.4 Å². The van der Waals surface area contributed by atoms with Gasteiger partial charge in [0, 0.05) is 16.8 Å². The minimum absolute atomic E-state index is 0.132. The molecule has 1 amide bonds. The molecule has 37 heavy (non-hydrogen) atoms. The summed E-state index contributed by atoms with van der Waals surface area (Å²) >= 11 is 0. The molecule has 182 valence electrons. The fourth-order valence-corrected chi connectivity index (χ4v) is 4.43. The minimum Gasteiger partial charge on any atom is -0.324 e. The van der Waals surface area contributed by atoms with Crippen molar-refractivity contribution in [3.63, 3.8) is 0 Å². The first-order chi connectivity index (χ1) is 18.1. The van der Waals surface area contributed by atoms with E-state index in [1.165, 1.54) is 4.52 Å². The number of hydrogen-bond acceptors (Lipinski definition) is 5. The Balaban J connectivity index is 1.42. The van der Waals surface area contributed by atoms with Gasteiger partial charge in [-0.05, 0) is 24.6 Å². The molecular weight excluding hydrogens is 466 g/mol. The van der Waals surface area contributed by atoms with Crippen LogP contribution in [0.1, 0.15) is 16.8 Å². The predicted octanol–water partition coefficient (Wildman–Crippen LogP) is 3.97. The summed E-state index contributed by atoms with van der Waals surface area (Å²) in [6, 6.07) is 26.9. The van der Waals surface area contributed by atoms with Crippen LogP contribution in [0.3, 0.4) is 0 Å². The van der Waals surface area contributed by atoms with Gasteiger partial charge in [-0.25, -0.2) is 4.98 Å². The molecule has 2 N–H and O–H groups in total. The molecule has 3 aromatic heterocycles. The van der Waals surface area contributed by atoms with E-state index in [0.717, 1.165) is 22.2 Å². The quantitative estimate of drug-likeness (QED) is 0.368. The molecule has 0 aliphatic heterocycles. The third-order valence-electron chi connectivity index (χ3n) is 6.32. The van der Waals surface area contributed by atoms with Crippen molar-refractivity contribution in [1.82, 2.24) is 29.1 Å². The van der Waals surface area contributed by atoms with Crippen LogP contribution in [-0.2, 0) is 17.8 Å². The zero-order valence-electron chi connectivity index (χ0n) is 20.0. The summed E-state index contributed by atoms with van der Waals surface area (Å²) in [6.45, 7) is 2.31. The lowest BCUT2D eigenvalue weighted by atomic mass is 10.1. The van der Waals surface area contributed by atoms with Gasteiger partial charge in [0.1, 0.15) is 0 Å². The van der Waals surface area contributed by atoms with Crippen molar-refractivity contribution in [2.75, 3.05) is 5.32 Å². The van der Waals surface area contributed by atoms with E-state index in [4.69, 9.17) is 4.98 Å². The van der Waals surface area contributed by atoms with Crippen LogP contribution in [0.4, 0.5) is 5.95 Å². The molecular formula is C28H23N7O2. The first-order valence-corrected chi connectivity index (χ1v) is 11.9. The number of nitrogens with zero attached hydrogens (tertiary/aromatic N) is 5. The zero-order chi connectivity index (χ0) is 25.4. The van der Waals surface area contributed by atoms with Gasteiger partial charge in [0.15, 0.2) is 5.82 Å². The van der Waals surface area contributed by atoms with Gasteiger partial charge in [0.25, 0.3) is 5.56 Å². The van der Waals surface area contributed by atoms with Gasteiger partial charge in [-0.15, -0.1) is 5.10 Å². The van der Waals surface area contributed by atoms with Crippen LogP contribution in [0.25, 0.3) is 28.2 Å². The summed E-state index contributed by atoms with van der Waals surface area (Å²) in [5.74, 6) is 0.851. The Morgan fingerprint density at radius 2 is 1.62 bits per heavy atom. The van der Waals surface area contributed by atoms with Crippen molar-refractivity contribution in [3.8, 4) is 11.4 Å². The Labute approximate surface area is 211 Å². The van der Waals surface area contributed by atoms with Gasteiger partial charge in [0.2, 0.25) is 17.6 Å². The number of anilines is 1. The maximum atomic E-state index is 13.6. The minimum atomic E-state index is -0.369. The molecule has 3 heterocycles. The Kier molecular flexibility index (Phi) is 5.57. The highest BCUT2D eigenvalue weighted by atomic mass is 16.2. The van der Waals surface area contributed by atoms with Crippen molar-refractivity contribution < 1.29 is 4.79 Å². The third kappa shape index (κ3) is 4.27. The van der Waals surface area contributed by atoms with Crippen LogP contribution in [-0.4, -0.2) is 35.0 Å². The number of amides is 1. The molecule has 3 aromatic carbocycles. The predicted molar refractivity (Wildman–Crippen MR) is 141 cm³/mol. The number of fused-ring (bicyclic) bond motifs is 2. The van der Waals surface area contributed by atoms with Crippen molar-refractivity contribution in [2.45, 2.75) is 19.9 Å². The molecule has 9 heteroatoms.